The van der Waals surface area contributed by atoms with Crippen LogP contribution in [-0.4, -0.2) is 33.3 Å². The molecule has 138 valence electrons. The zero-order chi connectivity index (χ0) is 18.7. The molecule has 1 aliphatic rings. The third-order valence-electron chi connectivity index (χ3n) is 4.54. The van der Waals surface area contributed by atoms with E-state index in [1.807, 2.05) is 18.2 Å². The van der Waals surface area contributed by atoms with E-state index in [-0.39, 0.29) is 11.3 Å². The minimum absolute atomic E-state index is 0.0673. The van der Waals surface area contributed by atoms with Crippen LogP contribution in [0.4, 0.5) is 4.39 Å². The van der Waals surface area contributed by atoms with Gasteiger partial charge in [0.2, 0.25) is 0 Å². The van der Waals surface area contributed by atoms with Crippen molar-refractivity contribution in [2.45, 2.75) is 25.7 Å². The lowest BCUT2D eigenvalue weighted by Crippen LogP contribution is -2.08. The molecule has 2 aromatic rings. The molecule has 0 amide bonds. The predicted molar refractivity (Wildman–Crippen MR) is 99.1 cm³/mol. The quantitative estimate of drug-likeness (QED) is 0.571. The topological polar surface area (TPSA) is 60.4 Å². The molecule has 0 aromatic heterocycles. The molecule has 0 radical (unpaired) electrons. The SMILES string of the molecule is CS(=O)(=O)CCCOc1ccc2c(c1)CCCc1cc(F)c(C=O)cc1-2. The fourth-order valence-corrected chi connectivity index (χ4v) is 3.93. The Hall–Kier alpha value is -2.21. The van der Waals surface area contributed by atoms with E-state index in [0.717, 1.165) is 41.5 Å². The van der Waals surface area contributed by atoms with Crippen LogP contribution in [0.5, 0.6) is 5.75 Å². The first kappa shape index (κ1) is 18.6. The number of sulfone groups is 1. The van der Waals surface area contributed by atoms with Crippen molar-refractivity contribution < 1.29 is 22.3 Å². The zero-order valence-electron chi connectivity index (χ0n) is 14.6. The summed E-state index contributed by atoms with van der Waals surface area (Å²) in [6, 6.07) is 8.79. The zero-order valence-corrected chi connectivity index (χ0v) is 15.4. The van der Waals surface area contributed by atoms with Gasteiger partial charge in [0.05, 0.1) is 17.9 Å². The smallest absolute Gasteiger partial charge is 0.153 e. The number of carbonyl (C=O) groups excluding carboxylic acids is 1. The highest BCUT2D eigenvalue weighted by molar-refractivity contribution is 7.90. The summed E-state index contributed by atoms with van der Waals surface area (Å²) in [4.78, 5) is 11.1. The van der Waals surface area contributed by atoms with Crippen molar-refractivity contribution in [1.29, 1.82) is 0 Å². The summed E-state index contributed by atoms with van der Waals surface area (Å²) in [5.41, 5.74) is 3.95. The maximum absolute atomic E-state index is 13.9. The van der Waals surface area contributed by atoms with E-state index in [1.54, 1.807) is 6.07 Å². The minimum atomic E-state index is -2.98. The van der Waals surface area contributed by atoms with Crippen molar-refractivity contribution in [3.05, 3.63) is 52.8 Å². The molecular weight excluding hydrogens is 355 g/mol. The molecule has 0 saturated carbocycles. The molecule has 0 unspecified atom stereocenters. The Morgan fingerprint density at radius 2 is 1.85 bits per heavy atom. The highest BCUT2D eigenvalue weighted by Gasteiger charge is 2.18. The number of hydrogen-bond acceptors (Lipinski definition) is 4. The maximum atomic E-state index is 13.9. The van der Waals surface area contributed by atoms with Gasteiger partial charge < -0.3 is 4.74 Å². The number of ether oxygens (including phenoxy) is 1. The molecule has 0 heterocycles. The van der Waals surface area contributed by atoms with Crippen molar-refractivity contribution in [1.82, 2.24) is 0 Å². The Balaban J connectivity index is 1.84. The van der Waals surface area contributed by atoms with E-state index < -0.39 is 15.7 Å². The van der Waals surface area contributed by atoms with Gasteiger partial charge in [0.15, 0.2) is 6.29 Å². The summed E-state index contributed by atoms with van der Waals surface area (Å²) in [6.45, 7) is 0.336. The van der Waals surface area contributed by atoms with E-state index in [2.05, 4.69) is 0 Å². The van der Waals surface area contributed by atoms with Crippen LogP contribution < -0.4 is 4.74 Å². The second-order valence-electron chi connectivity index (χ2n) is 6.65. The van der Waals surface area contributed by atoms with Gasteiger partial charge in [-0.15, -0.1) is 0 Å². The van der Waals surface area contributed by atoms with Crippen molar-refractivity contribution >= 4 is 16.1 Å². The summed E-state index contributed by atoms with van der Waals surface area (Å²) in [5.74, 6) is 0.317. The largest absolute Gasteiger partial charge is 0.494 e. The molecule has 3 rings (SSSR count). The number of halogens is 1. The number of benzene rings is 2. The first-order chi connectivity index (χ1) is 12.4. The number of rotatable bonds is 6. The van der Waals surface area contributed by atoms with E-state index in [1.165, 1.54) is 12.3 Å². The van der Waals surface area contributed by atoms with E-state index >= 15 is 0 Å². The molecule has 1 aliphatic carbocycles. The Bertz CT molecular complexity index is 935. The molecular formula is C20H21FO4S. The van der Waals surface area contributed by atoms with Gasteiger partial charge in [-0.25, -0.2) is 12.8 Å². The van der Waals surface area contributed by atoms with Crippen LogP contribution in [0.2, 0.25) is 0 Å². The van der Waals surface area contributed by atoms with Gasteiger partial charge in [-0.3, -0.25) is 4.79 Å². The summed E-state index contributed by atoms with van der Waals surface area (Å²) in [7, 11) is -2.98. The summed E-state index contributed by atoms with van der Waals surface area (Å²) >= 11 is 0. The van der Waals surface area contributed by atoms with Crippen LogP contribution in [0.3, 0.4) is 0 Å². The molecule has 0 fully saturated rings. The number of hydrogen-bond donors (Lipinski definition) is 0. The molecule has 2 aromatic carbocycles. The van der Waals surface area contributed by atoms with Gasteiger partial charge in [0.1, 0.15) is 21.4 Å². The molecule has 0 atom stereocenters. The summed E-state index contributed by atoms with van der Waals surface area (Å²) < 4.78 is 41.9. The molecule has 0 spiro atoms. The lowest BCUT2D eigenvalue weighted by molar-refractivity contribution is 0.112. The Morgan fingerprint density at radius 3 is 2.54 bits per heavy atom. The van der Waals surface area contributed by atoms with Gasteiger partial charge in [-0.1, -0.05) is 6.07 Å². The predicted octanol–water partition coefficient (Wildman–Crippen LogP) is 3.61. The number of aryl methyl sites for hydroxylation is 2. The Labute approximate surface area is 152 Å². The second kappa shape index (κ2) is 7.58. The van der Waals surface area contributed by atoms with Crippen molar-refractivity contribution in [3.63, 3.8) is 0 Å². The second-order valence-corrected chi connectivity index (χ2v) is 8.91. The maximum Gasteiger partial charge on any atom is 0.153 e. The third kappa shape index (κ3) is 4.30. The molecule has 6 heteroatoms. The monoisotopic (exact) mass is 376 g/mol. The molecule has 0 N–H and O–H groups in total. The highest BCUT2D eigenvalue weighted by atomic mass is 32.2. The van der Waals surface area contributed by atoms with Crippen LogP contribution >= 0.6 is 0 Å². The lowest BCUT2D eigenvalue weighted by Gasteiger charge is -2.13. The average molecular weight is 376 g/mol. The van der Waals surface area contributed by atoms with Gasteiger partial charge in [0, 0.05) is 6.26 Å². The van der Waals surface area contributed by atoms with Crippen molar-refractivity contribution in [2.75, 3.05) is 18.6 Å². The van der Waals surface area contributed by atoms with Gasteiger partial charge in [-0.05, 0) is 72.2 Å². The van der Waals surface area contributed by atoms with E-state index in [0.29, 0.717) is 25.1 Å². The van der Waals surface area contributed by atoms with Crippen LogP contribution in [-0.2, 0) is 22.7 Å². The fraction of sp³-hybridized carbons (Fsp3) is 0.350. The van der Waals surface area contributed by atoms with Gasteiger partial charge in [0.25, 0.3) is 0 Å². The van der Waals surface area contributed by atoms with Crippen LogP contribution in [0, 0.1) is 5.82 Å². The molecule has 0 bridgehead atoms. The Morgan fingerprint density at radius 1 is 1.12 bits per heavy atom. The van der Waals surface area contributed by atoms with E-state index in [9.17, 15) is 17.6 Å². The first-order valence-electron chi connectivity index (χ1n) is 8.59. The Kier molecular flexibility index (Phi) is 5.41. The normalized spacial score (nSPS) is 13.5. The van der Waals surface area contributed by atoms with Crippen LogP contribution in [0.15, 0.2) is 30.3 Å². The third-order valence-corrected chi connectivity index (χ3v) is 5.57. The highest BCUT2D eigenvalue weighted by Crippen LogP contribution is 2.35. The number of carbonyl (C=O) groups is 1. The first-order valence-corrected chi connectivity index (χ1v) is 10.6. The van der Waals surface area contributed by atoms with E-state index in [4.69, 9.17) is 4.74 Å². The van der Waals surface area contributed by atoms with Gasteiger partial charge >= 0.3 is 0 Å². The fourth-order valence-electron chi connectivity index (χ4n) is 3.29. The molecule has 0 saturated heterocycles. The average Bonchev–Trinajstić information content (AvgIpc) is 2.75. The summed E-state index contributed by atoms with van der Waals surface area (Å²) in [5, 5.41) is 0. The van der Waals surface area contributed by atoms with Gasteiger partial charge in [-0.2, -0.15) is 0 Å². The lowest BCUT2D eigenvalue weighted by atomic mass is 9.94. The standard InChI is InChI=1S/C20H21FO4S/c1-26(23,24)9-3-8-25-17-6-7-18-14(10-17)4-2-5-15-12-20(21)16(13-22)11-19(15)18/h6-7,10-13H,2-5,8-9H2,1H3. The van der Waals surface area contributed by atoms with Crippen LogP contribution in [0.25, 0.3) is 11.1 Å². The van der Waals surface area contributed by atoms with Crippen molar-refractivity contribution in [2.24, 2.45) is 0 Å². The minimum Gasteiger partial charge on any atom is -0.494 e. The number of fused-ring (bicyclic) bond motifs is 3. The molecule has 26 heavy (non-hydrogen) atoms. The molecule has 0 aliphatic heterocycles. The molecule has 4 nitrogen and oxygen atoms in total. The van der Waals surface area contributed by atoms with Crippen molar-refractivity contribution in [3.8, 4) is 16.9 Å². The number of aldehydes is 1. The van der Waals surface area contributed by atoms with Crippen LogP contribution in [0.1, 0.15) is 34.3 Å². The summed E-state index contributed by atoms with van der Waals surface area (Å²) in [6.07, 6.45) is 4.67.